The Bertz CT molecular complexity index is 1640. The number of carbonyl (C=O) groups is 2. The second-order valence-corrected chi connectivity index (χ2v) is 14.4. The molecule has 264 valence electrons. The van der Waals surface area contributed by atoms with E-state index in [4.69, 9.17) is 9.97 Å². The summed E-state index contributed by atoms with van der Waals surface area (Å²) in [6.07, 6.45) is 8.02. The fraction of sp³-hybridized carbons (Fsp3) is 0.629. The quantitative estimate of drug-likeness (QED) is 0.382. The van der Waals surface area contributed by atoms with Gasteiger partial charge in [0.15, 0.2) is 5.65 Å². The first-order chi connectivity index (χ1) is 23.7. The van der Waals surface area contributed by atoms with Crippen molar-refractivity contribution in [2.75, 3.05) is 77.1 Å². The molecule has 2 aromatic heterocycles. The van der Waals surface area contributed by atoms with E-state index >= 15 is 0 Å². The fourth-order valence-electron chi connectivity index (χ4n) is 7.92. The van der Waals surface area contributed by atoms with Crippen molar-refractivity contribution in [1.82, 2.24) is 39.1 Å². The van der Waals surface area contributed by atoms with Crippen LogP contribution in [-0.4, -0.2) is 123 Å². The van der Waals surface area contributed by atoms with E-state index in [9.17, 15) is 18.4 Å². The molecule has 2 aliphatic carbocycles. The first kappa shape index (κ1) is 33.6. The van der Waals surface area contributed by atoms with Gasteiger partial charge in [-0.05, 0) is 77.6 Å². The van der Waals surface area contributed by atoms with Gasteiger partial charge >= 0.3 is 0 Å². The van der Waals surface area contributed by atoms with Gasteiger partial charge in [0.25, 0.3) is 0 Å². The monoisotopic (exact) mass is 678 g/mol. The van der Waals surface area contributed by atoms with E-state index in [0.717, 1.165) is 110 Å². The lowest BCUT2D eigenvalue weighted by Crippen LogP contribution is -2.49. The van der Waals surface area contributed by atoms with Gasteiger partial charge in [0.05, 0.1) is 11.9 Å². The maximum Gasteiger partial charge on any atom is 0.225 e. The van der Waals surface area contributed by atoms with Crippen molar-refractivity contribution in [2.45, 2.75) is 63.5 Å². The Morgan fingerprint density at radius 1 is 0.755 bits per heavy atom. The highest BCUT2D eigenvalue weighted by atomic mass is 19.1. The first-order valence-electron chi connectivity index (χ1n) is 17.9. The van der Waals surface area contributed by atoms with Gasteiger partial charge in [-0.15, -0.1) is 0 Å². The van der Waals surface area contributed by atoms with Gasteiger partial charge in [0.1, 0.15) is 17.2 Å². The molecule has 4 fully saturated rings. The molecule has 0 atom stereocenters. The number of halogens is 2. The van der Waals surface area contributed by atoms with Gasteiger partial charge < -0.3 is 30.2 Å². The van der Waals surface area contributed by atoms with Gasteiger partial charge in [-0.25, -0.2) is 18.7 Å². The van der Waals surface area contributed by atoms with Crippen molar-refractivity contribution in [3.8, 4) is 0 Å². The zero-order valence-electron chi connectivity index (χ0n) is 28.6. The van der Waals surface area contributed by atoms with Gasteiger partial charge in [-0.1, -0.05) is 0 Å². The zero-order chi connectivity index (χ0) is 34.1. The Hall–Kier alpha value is -3.91. The molecule has 2 amide bonds. The lowest BCUT2D eigenvalue weighted by Gasteiger charge is -2.37. The summed E-state index contributed by atoms with van der Waals surface area (Å²) < 4.78 is 30.5. The van der Waals surface area contributed by atoms with Crippen LogP contribution in [-0.2, 0) is 9.59 Å². The van der Waals surface area contributed by atoms with Gasteiger partial charge in [0.2, 0.25) is 23.7 Å². The number of amides is 2. The molecule has 2 aliphatic heterocycles. The second kappa shape index (κ2) is 14.5. The number of imidazole rings is 1. The van der Waals surface area contributed by atoms with Crippen LogP contribution in [0.1, 0.15) is 57.4 Å². The molecule has 4 heterocycles. The number of aromatic nitrogens is 4. The van der Waals surface area contributed by atoms with E-state index in [0.29, 0.717) is 23.1 Å². The summed E-state index contributed by atoms with van der Waals surface area (Å²) in [6.45, 7) is 6.75. The highest BCUT2D eigenvalue weighted by Gasteiger charge is 2.34. The SMILES string of the molecule is CN1CCN(C(=O)[C@H]2CC[C@H](Nc3ncc4nc(Nc5ccc(F)cc5F)n([C@H]5CC[C@@H](C(=O)N6CCN(C)CC6)CC5)c4n3)CC2)CC1. The van der Waals surface area contributed by atoms with E-state index in [1.807, 2.05) is 14.4 Å². The molecule has 2 N–H and O–H groups in total. The average molecular weight is 679 g/mol. The normalized spacial score (nSPS) is 25.8. The predicted octanol–water partition coefficient (Wildman–Crippen LogP) is 4.10. The molecular weight excluding hydrogens is 630 g/mol. The Kier molecular flexibility index (Phi) is 9.95. The molecule has 1 aromatic carbocycles. The second-order valence-electron chi connectivity index (χ2n) is 14.4. The third-order valence-corrected chi connectivity index (χ3v) is 11.1. The molecule has 2 saturated carbocycles. The number of piperazine rings is 2. The largest absolute Gasteiger partial charge is 0.351 e. The molecule has 0 bridgehead atoms. The number of anilines is 3. The highest BCUT2D eigenvalue weighted by molar-refractivity contribution is 5.80. The number of carbonyl (C=O) groups excluding carboxylic acids is 2. The number of fused-ring (bicyclic) bond motifs is 1. The highest BCUT2D eigenvalue weighted by Crippen LogP contribution is 2.38. The molecule has 12 nitrogen and oxygen atoms in total. The fourth-order valence-corrected chi connectivity index (χ4v) is 7.92. The van der Waals surface area contributed by atoms with E-state index in [2.05, 4.69) is 39.5 Å². The van der Waals surface area contributed by atoms with Crippen molar-refractivity contribution in [3.05, 3.63) is 36.0 Å². The van der Waals surface area contributed by atoms with Gasteiger partial charge in [-0.3, -0.25) is 14.2 Å². The van der Waals surface area contributed by atoms with Crippen LogP contribution < -0.4 is 10.6 Å². The summed E-state index contributed by atoms with van der Waals surface area (Å²) >= 11 is 0. The Balaban J connectivity index is 1.06. The summed E-state index contributed by atoms with van der Waals surface area (Å²) in [4.78, 5) is 49.3. The van der Waals surface area contributed by atoms with E-state index in [1.54, 1.807) is 6.20 Å². The van der Waals surface area contributed by atoms with E-state index in [1.165, 1.54) is 12.1 Å². The maximum atomic E-state index is 14.8. The minimum absolute atomic E-state index is 0.0219. The lowest BCUT2D eigenvalue weighted by molar-refractivity contribution is -0.139. The van der Waals surface area contributed by atoms with Crippen molar-refractivity contribution in [3.63, 3.8) is 0 Å². The third-order valence-electron chi connectivity index (χ3n) is 11.1. The Morgan fingerprint density at radius 2 is 1.33 bits per heavy atom. The minimum atomic E-state index is -0.713. The summed E-state index contributed by atoms with van der Waals surface area (Å²) in [5, 5.41) is 6.61. The number of hydrogen-bond acceptors (Lipinski definition) is 9. The van der Waals surface area contributed by atoms with E-state index < -0.39 is 11.6 Å². The van der Waals surface area contributed by atoms with Crippen LogP contribution >= 0.6 is 0 Å². The van der Waals surface area contributed by atoms with Crippen LogP contribution in [0.5, 0.6) is 0 Å². The molecule has 0 radical (unpaired) electrons. The van der Waals surface area contributed by atoms with Crippen LogP contribution in [0.3, 0.4) is 0 Å². The standard InChI is InChI=1S/C35H48F2N10O2/c1-43-13-17-45(18-14-43)32(48)23-3-8-26(9-4-23)39-34-38-22-30-31(42-34)47(35(41-30)40-29-12-7-25(36)21-28(29)37)27-10-5-24(6-11-27)33(49)46-19-15-44(2)16-20-46/h7,12,21-24,26-27H,3-6,8-11,13-20H2,1-2H3,(H,40,41)(H,38,39,42)/t23-,24-,26-,27+. The first-order valence-corrected chi connectivity index (χ1v) is 17.9. The Labute approximate surface area is 286 Å². The number of hydrogen-bond donors (Lipinski definition) is 2. The molecular formula is C35H48F2N10O2. The number of nitrogens with one attached hydrogen (secondary N) is 2. The average Bonchev–Trinajstić information content (AvgIpc) is 3.47. The number of rotatable bonds is 7. The topological polar surface area (TPSA) is 115 Å². The number of likely N-dealkylation sites (N-methyl/N-ethyl adjacent to an activating group) is 2. The van der Waals surface area contributed by atoms with Crippen LogP contribution in [0, 0.1) is 23.5 Å². The molecule has 3 aromatic rings. The Morgan fingerprint density at radius 3 is 1.90 bits per heavy atom. The molecule has 0 unspecified atom stereocenters. The summed E-state index contributed by atoms with van der Waals surface area (Å²) in [5.74, 6) is 0.0860. The third kappa shape index (κ3) is 7.49. The smallest absolute Gasteiger partial charge is 0.225 e. The maximum absolute atomic E-state index is 14.8. The number of nitrogens with zero attached hydrogens (tertiary/aromatic N) is 8. The van der Waals surface area contributed by atoms with Crippen LogP contribution in [0.25, 0.3) is 11.2 Å². The molecule has 2 saturated heterocycles. The minimum Gasteiger partial charge on any atom is -0.351 e. The van der Waals surface area contributed by atoms with Crippen molar-refractivity contribution in [1.29, 1.82) is 0 Å². The molecule has 49 heavy (non-hydrogen) atoms. The number of benzene rings is 1. The molecule has 7 rings (SSSR count). The lowest BCUT2D eigenvalue weighted by atomic mass is 9.85. The zero-order valence-corrected chi connectivity index (χ0v) is 28.6. The molecule has 14 heteroatoms. The predicted molar refractivity (Wildman–Crippen MR) is 183 cm³/mol. The molecule has 0 spiro atoms. The van der Waals surface area contributed by atoms with Gasteiger partial charge in [-0.2, -0.15) is 4.98 Å². The van der Waals surface area contributed by atoms with E-state index in [-0.39, 0.29) is 41.4 Å². The van der Waals surface area contributed by atoms with Crippen LogP contribution in [0.4, 0.5) is 26.4 Å². The van der Waals surface area contributed by atoms with Crippen molar-refractivity contribution < 1.29 is 18.4 Å². The summed E-state index contributed by atoms with van der Waals surface area (Å²) in [7, 11) is 4.18. The summed E-state index contributed by atoms with van der Waals surface area (Å²) in [6, 6.07) is 3.55. The van der Waals surface area contributed by atoms with Crippen molar-refractivity contribution in [2.24, 2.45) is 11.8 Å². The van der Waals surface area contributed by atoms with Crippen LogP contribution in [0.15, 0.2) is 24.4 Å². The van der Waals surface area contributed by atoms with Crippen LogP contribution in [0.2, 0.25) is 0 Å². The summed E-state index contributed by atoms with van der Waals surface area (Å²) in [5.41, 5.74) is 1.30. The van der Waals surface area contributed by atoms with Crippen molar-refractivity contribution >= 4 is 40.6 Å². The van der Waals surface area contributed by atoms with Gasteiger partial charge in [0, 0.05) is 82.3 Å². The molecule has 4 aliphatic rings.